The summed E-state index contributed by atoms with van der Waals surface area (Å²) < 4.78 is 6.82. The molecule has 0 bridgehead atoms. The molecule has 1 heterocycles. The van der Waals surface area contributed by atoms with Crippen LogP contribution in [0.15, 0.2) is 22.7 Å². The van der Waals surface area contributed by atoms with E-state index in [1.807, 2.05) is 6.07 Å². The van der Waals surface area contributed by atoms with Crippen molar-refractivity contribution in [3.05, 3.63) is 33.3 Å². The van der Waals surface area contributed by atoms with Gasteiger partial charge in [-0.3, -0.25) is 0 Å². The monoisotopic (exact) mass is 373 g/mol. The average Bonchev–Trinajstić information content (AvgIpc) is 2.43. The molecule has 1 N–H and O–H groups in total. The van der Waals surface area contributed by atoms with Gasteiger partial charge in [-0.1, -0.05) is 47.4 Å². The number of hydrogen-bond donors (Lipinski definition) is 1. The van der Waals surface area contributed by atoms with Crippen molar-refractivity contribution in [3.8, 4) is 0 Å². The molecule has 2 nitrogen and oxygen atoms in total. The quantitative estimate of drug-likeness (QED) is 0.780. The summed E-state index contributed by atoms with van der Waals surface area (Å²) in [6.45, 7) is 8.24. The molecule has 1 atom stereocenters. The first kappa shape index (κ1) is 17.3. The maximum Gasteiger partial charge on any atom is 0.0537 e. The van der Waals surface area contributed by atoms with Crippen LogP contribution < -0.4 is 5.32 Å². The largest absolute Gasteiger partial charge is 0.381 e. The summed E-state index contributed by atoms with van der Waals surface area (Å²) in [6, 6.07) is 6.18. The summed E-state index contributed by atoms with van der Waals surface area (Å²) >= 11 is 9.88. The van der Waals surface area contributed by atoms with E-state index in [1.54, 1.807) is 0 Å². The molecule has 118 valence electrons. The topological polar surface area (TPSA) is 21.3 Å². The Bertz CT molecular complexity index is 458. The van der Waals surface area contributed by atoms with Crippen LogP contribution in [-0.2, 0) is 11.2 Å². The van der Waals surface area contributed by atoms with Crippen molar-refractivity contribution in [2.45, 2.75) is 33.1 Å². The van der Waals surface area contributed by atoms with Gasteiger partial charge < -0.3 is 10.1 Å². The molecule has 1 aliphatic rings. The third-order valence-electron chi connectivity index (χ3n) is 4.04. The lowest BCUT2D eigenvalue weighted by Gasteiger charge is -2.38. The highest BCUT2D eigenvalue weighted by molar-refractivity contribution is 9.10. The van der Waals surface area contributed by atoms with Gasteiger partial charge in [0, 0.05) is 28.1 Å². The van der Waals surface area contributed by atoms with Crippen molar-refractivity contribution in [1.29, 1.82) is 0 Å². The maximum atomic E-state index is 6.40. The third-order valence-corrected chi connectivity index (χ3v) is 4.88. The van der Waals surface area contributed by atoms with E-state index in [1.165, 1.54) is 12.0 Å². The van der Waals surface area contributed by atoms with Gasteiger partial charge in [0.05, 0.1) is 6.61 Å². The molecule has 1 saturated heterocycles. The first-order valence-electron chi connectivity index (χ1n) is 7.73. The highest BCUT2D eigenvalue weighted by Gasteiger charge is 2.33. The normalized spacial score (nSPS) is 22.7. The Morgan fingerprint density at radius 3 is 2.86 bits per heavy atom. The molecule has 2 rings (SSSR count). The molecule has 0 saturated carbocycles. The minimum absolute atomic E-state index is 0.171. The fourth-order valence-corrected chi connectivity index (χ4v) is 3.69. The van der Waals surface area contributed by atoms with Gasteiger partial charge in [-0.25, -0.2) is 0 Å². The zero-order chi connectivity index (χ0) is 15.3. The highest BCUT2D eigenvalue weighted by Crippen LogP contribution is 2.35. The Morgan fingerprint density at radius 1 is 1.43 bits per heavy atom. The van der Waals surface area contributed by atoms with E-state index in [0.29, 0.717) is 5.92 Å². The molecule has 0 aromatic heterocycles. The number of benzene rings is 1. The molecule has 1 aromatic carbocycles. The van der Waals surface area contributed by atoms with Gasteiger partial charge in [0.15, 0.2) is 0 Å². The van der Waals surface area contributed by atoms with Crippen LogP contribution in [0.1, 0.15) is 32.3 Å². The molecule has 21 heavy (non-hydrogen) atoms. The second-order valence-electron chi connectivity index (χ2n) is 6.59. The predicted octanol–water partition coefficient (Wildman–Crippen LogP) is 4.69. The van der Waals surface area contributed by atoms with Crippen molar-refractivity contribution < 1.29 is 4.74 Å². The minimum Gasteiger partial charge on any atom is -0.381 e. The molecule has 1 aliphatic heterocycles. The maximum absolute atomic E-state index is 6.40. The van der Waals surface area contributed by atoms with Gasteiger partial charge in [0.25, 0.3) is 0 Å². The molecule has 0 amide bonds. The smallest absolute Gasteiger partial charge is 0.0537 e. The predicted molar refractivity (Wildman–Crippen MR) is 93.0 cm³/mol. The summed E-state index contributed by atoms with van der Waals surface area (Å²) in [7, 11) is 0. The summed E-state index contributed by atoms with van der Waals surface area (Å²) in [4.78, 5) is 0. The Kier molecular flexibility index (Phi) is 6.54. The molecule has 0 radical (unpaired) electrons. The number of hydrogen-bond acceptors (Lipinski definition) is 2. The molecular formula is C17H25BrClNO. The van der Waals surface area contributed by atoms with Gasteiger partial charge >= 0.3 is 0 Å². The van der Waals surface area contributed by atoms with Crippen molar-refractivity contribution in [1.82, 2.24) is 5.32 Å². The summed E-state index contributed by atoms with van der Waals surface area (Å²) in [5, 5.41) is 4.46. The summed E-state index contributed by atoms with van der Waals surface area (Å²) in [5.41, 5.74) is 1.39. The first-order valence-corrected chi connectivity index (χ1v) is 8.90. The third kappa shape index (κ3) is 5.24. The zero-order valence-corrected chi connectivity index (χ0v) is 15.3. The Labute approximate surface area is 141 Å². The molecule has 1 fully saturated rings. The van der Waals surface area contributed by atoms with E-state index in [-0.39, 0.29) is 5.41 Å². The van der Waals surface area contributed by atoms with E-state index >= 15 is 0 Å². The Hall–Kier alpha value is -0.0900. The van der Waals surface area contributed by atoms with Crippen molar-refractivity contribution in [2.75, 3.05) is 26.3 Å². The number of nitrogens with one attached hydrogen (secondary N) is 1. The van der Waals surface area contributed by atoms with Crippen molar-refractivity contribution in [2.24, 2.45) is 11.3 Å². The number of rotatable bonds is 6. The lowest BCUT2D eigenvalue weighted by Crippen LogP contribution is -2.43. The van der Waals surface area contributed by atoms with Crippen LogP contribution in [0.5, 0.6) is 0 Å². The second kappa shape index (κ2) is 7.96. The number of ether oxygens (including phenoxy) is 1. The van der Waals surface area contributed by atoms with Crippen LogP contribution in [-0.4, -0.2) is 26.3 Å². The minimum atomic E-state index is 0.171. The lowest BCUT2D eigenvalue weighted by atomic mass is 9.77. The van der Waals surface area contributed by atoms with Crippen LogP contribution in [0.25, 0.3) is 0 Å². The van der Waals surface area contributed by atoms with Crippen LogP contribution in [0.4, 0.5) is 0 Å². The summed E-state index contributed by atoms with van der Waals surface area (Å²) in [6.07, 6.45) is 3.31. The fourth-order valence-electron chi connectivity index (χ4n) is 2.95. The second-order valence-corrected chi connectivity index (χ2v) is 7.92. The highest BCUT2D eigenvalue weighted by atomic mass is 79.9. The SMILES string of the molecule is CC(C)CNCC1(Cc2ccc(Br)cc2Cl)CCCOC1. The molecule has 4 heteroatoms. The molecule has 1 unspecified atom stereocenters. The van der Waals surface area contributed by atoms with Crippen LogP contribution >= 0.6 is 27.5 Å². The lowest BCUT2D eigenvalue weighted by molar-refractivity contribution is -0.00738. The number of halogens is 2. The average molecular weight is 375 g/mol. The molecule has 0 spiro atoms. The van der Waals surface area contributed by atoms with Gasteiger partial charge in [0.2, 0.25) is 0 Å². The zero-order valence-electron chi connectivity index (χ0n) is 12.9. The van der Waals surface area contributed by atoms with Crippen LogP contribution in [0.3, 0.4) is 0 Å². The van der Waals surface area contributed by atoms with E-state index in [4.69, 9.17) is 16.3 Å². The van der Waals surface area contributed by atoms with Gasteiger partial charge in [-0.2, -0.15) is 0 Å². The molecular weight excluding hydrogens is 350 g/mol. The Morgan fingerprint density at radius 2 is 2.24 bits per heavy atom. The molecule has 0 aliphatic carbocycles. The van der Waals surface area contributed by atoms with E-state index in [9.17, 15) is 0 Å². The van der Waals surface area contributed by atoms with Crippen LogP contribution in [0, 0.1) is 11.3 Å². The van der Waals surface area contributed by atoms with Gasteiger partial charge in [0.1, 0.15) is 0 Å². The van der Waals surface area contributed by atoms with Crippen molar-refractivity contribution >= 4 is 27.5 Å². The van der Waals surface area contributed by atoms with E-state index < -0.39 is 0 Å². The van der Waals surface area contributed by atoms with E-state index in [2.05, 4.69) is 47.2 Å². The molecule has 1 aromatic rings. The first-order chi connectivity index (χ1) is 10.0. The fraction of sp³-hybridized carbons (Fsp3) is 0.647. The van der Waals surface area contributed by atoms with Crippen molar-refractivity contribution in [3.63, 3.8) is 0 Å². The van der Waals surface area contributed by atoms with E-state index in [0.717, 1.165) is 48.6 Å². The van der Waals surface area contributed by atoms with Crippen LogP contribution in [0.2, 0.25) is 5.02 Å². The van der Waals surface area contributed by atoms with Gasteiger partial charge in [-0.15, -0.1) is 0 Å². The van der Waals surface area contributed by atoms with Gasteiger partial charge in [-0.05, 0) is 49.4 Å². The Balaban J connectivity index is 2.08. The summed E-state index contributed by atoms with van der Waals surface area (Å²) in [5.74, 6) is 0.669. The standard InChI is InChI=1S/C17H25BrClNO/c1-13(2)10-20-11-17(6-3-7-21-12-17)9-14-4-5-15(18)8-16(14)19/h4-5,8,13,20H,3,6-7,9-12H2,1-2H3.